The Kier molecular flexibility index (Phi) is 4.29. The van der Waals surface area contributed by atoms with Gasteiger partial charge in [-0.25, -0.2) is 0 Å². The van der Waals surface area contributed by atoms with Gasteiger partial charge >= 0.3 is 0 Å². The summed E-state index contributed by atoms with van der Waals surface area (Å²) in [5.41, 5.74) is 1.16. The maximum absolute atomic E-state index is 10.2. The second-order valence-corrected chi connectivity index (χ2v) is 10.4. The van der Waals surface area contributed by atoms with Crippen LogP contribution in [0.3, 0.4) is 0 Å². The van der Waals surface area contributed by atoms with Crippen LogP contribution in [-0.2, 0) is 0 Å². The molecule has 110 valence electrons. The number of hydrogen-bond donors (Lipinski definition) is 1. The lowest BCUT2D eigenvalue weighted by Crippen LogP contribution is -2.58. The van der Waals surface area contributed by atoms with Crippen molar-refractivity contribution in [3.05, 3.63) is 12.2 Å². The fourth-order valence-corrected chi connectivity index (χ4v) is 5.25. The summed E-state index contributed by atoms with van der Waals surface area (Å²) in [6.45, 7) is 10.9. The first kappa shape index (κ1) is 16.3. The first-order chi connectivity index (χ1) is 8.54. The molecule has 0 saturated heterocycles. The Bertz CT molecular complexity index is 394. The zero-order valence-corrected chi connectivity index (χ0v) is 15.8. The molecule has 0 aromatic heterocycles. The summed E-state index contributed by atoms with van der Waals surface area (Å²) >= 11 is 14.1. The zero-order valence-electron chi connectivity index (χ0n) is 11.8. The van der Waals surface area contributed by atoms with E-state index in [1.54, 1.807) is 0 Å². The van der Waals surface area contributed by atoms with Crippen molar-refractivity contribution in [3.8, 4) is 0 Å². The molecule has 0 bridgehead atoms. The van der Waals surface area contributed by atoms with E-state index in [9.17, 15) is 5.11 Å². The number of aliphatic hydroxyl groups is 1. The van der Waals surface area contributed by atoms with Crippen molar-refractivity contribution in [1.82, 2.24) is 0 Å². The SMILES string of the molecule is C=C1C[C@@H](O)[C@@H](Br)C(C)(C)C12CC[C@@](C)(Br)[C@H](Cl)C2. The smallest absolute Gasteiger partial charge is 0.0707 e. The molecule has 19 heavy (non-hydrogen) atoms. The highest BCUT2D eigenvalue weighted by Crippen LogP contribution is 2.64. The lowest BCUT2D eigenvalue weighted by atomic mass is 9.49. The first-order valence-corrected chi connectivity index (χ1v) is 9.02. The second-order valence-electron chi connectivity index (χ2n) is 7.03. The third kappa shape index (κ3) is 2.37. The zero-order chi connectivity index (χ0) is 14.6. The summed E-state index contributed by atoms with van der Waals surface area (Å²) < 4.78 is 0.00797. The van der Waals surface area contributed by atoms with Gasteiger partial charge in [0, 0.05) is 14.5 Å². The molecule has 1 nitrogen and oxygen atoms in total. The Morgan fingerprint density at radius 3 is 2.42 bits per heavy atom. The Morgan fingerprint density at radius 2 is 1.89 bits per heavy atom. The van der Waals surface area contributed by atoms with Gasteiger partial charge in [-0.15, -0.1) is 11.6 Å². The van der Waals surface area contributed by atoms with E-state index in [1.165, 1.54) is 5.57 Å². The van der Waals surface area contributed by atoms with Gasteiger partial charge in [-0.1, -0.05) is 57.9 Å². The molecule has 1 N–H and O–H groups in total. The molecule has 2 rings (SSSR count). The molecule has 0 aromatic carbocycles. The molecule has 2 saturated carbocycles. The highest BCUT2D eigenvalue weighted by molar-refractivity contribution is 9.10. The van der Waals surface area contributed by atoms with Crippen LogP contribution in [0.25, 0.3) is 0 Å². The molecule has 2 fully saturated rings. The standard InChI is InChI=1S/C15H23Br2ClO/c1-9-7-10(19)12(16)13(2,3)15(9)6-5-14(4,17)11(18)8-15/h10-12,19H,1,5-8H2,2-4H3/t10-,11-,12-,14-,15?/m1/s1. The van der Waals surface area contributed by atoms with Gasteiger partial charge in [0.1, 0.15) is 0 Å². The van der Waals surface area contributed by atoms with Crippen molar-refractivity contribution >= 4 is 43.5 Å². The number of alkyl halides is 3. The van der Waals surface area contributed by atoms with Crippen molar-refractivity contribution in [2.24, 2.45) is 10.8 Å². The largest absolute Gasteiger partial charge is 0.392 e. The molecule has 0 amide bonds. The Morgan fingerprint density at radius 1 is 1.32 bits per heavy atom. The van der Waals surface area contributed by atoms with Gasteiger partial charge in [0.25, 0.3) is 0 Å². The molecule has 1 spiro atoms. The number of rotatable bonds is 0. The van der Waals surface area contributed by atoms with Crippen LogP contribution in [0.5, 0.6) is 0 Å². The van der Waals surface area contributed by atoms with Crippen LogP contribution in [0.1, 0.15) is 46.5 Å². The van der Waals surface area contributed by atoms with Gasteiger partial charge in [0.2, 0.25) is 0 Å². The predicted octanol–water partition coefficient (Wildman–Crippen LogP) is 5.03. The van der Waals surface area contributed by atoms with Crippen molar-refractivity contribution in [2.75, 3.05) is 0 Å². The van der Waals surface area contributed by atoms with E-state index >= 15 is 0 Å². The summed E-state index contributed by atoms with van der Waals surface area (Å²) in [5, 5.41) is 10.3. The van der Waals surface area contributed by atoms with Crippen LogP contribution < -0.4 is 0 Å². The van der Waals surface area contributed by atoms with Crippen LogP contribution in [0.15, 0.2) is 12.2 Å². The fourth-order valence-electron chi connectivity index (χ4n) is 3.89. The molecule has 4 heteroatoms. The fraction of sp³-hybridized carbons (Fsp3) is 0.867. The number of hydrogen-bond acceptors (Lipinski definition) is 1. The van der Waals surface area contributed by atoms with Crippen LogP contribution in [0, 0.1) is 10.8 Å². The molecule has 0 aliphatic heterocycles. The van der Waals surface area contributed by atoms with Crippen LogP contribution in [-0.4, -0.2) is 25.7 Å². The van der Waals surface area contributed by atoms with Crippen molar-refractivity contribution in [3.63, 3.8) is 0 Å². The molecule has 2 aliphatic carbocycles. The lowest BCUT2D eigenvalue weighted by molar-refractivity contribution is -0.0175. The quantitative estimate of drug-likeness (QED) is 0.435. The third-order valence-electron chi connectivity index (χ3n) is 5.61. The van der Waals surface area contributed by atoms with Crippen LogP contribution >= 0.6 is 43.5 Å². The van der Waals surface area contributed by atoms with Crippen molar-refractivity contribution in [1.29, 1.82) is 0 Å². The van der Waals surface area contributed by atoms with Gasteiger partial charge in [-0.3, -0.25) is 0 Å². The summed E-state index contributed by atoms with van der Waals surface area (Å²) in [5.74, 6) is 0. The number of aliphatic hydroxyl groups excluding tert-OH is 1. The summed E-state index contributed by atoms with van der Waals surface area (Å²) in [6, 6.07) is 0. The minimum atomic E-state index is -0.348. The molecule has 2 aliphatic rings. The van der Waals surface area contributed by atoms with Crippen LogP contribution in [0.2, 0.25) is 0 Å². The Labute approximate surface area is 138 Å². The second kappa shape index (κ2) is 5.00. The Balaban J connectivity index is 2.39. The van der Waals surface area contributed by atoms with Gasteiger partial charge in [0.05, 0.1) is 6.10 Å². The monoisotopic (exact) mass is 412 g/mol. The topological polar surface area (TPSA) is 20.2 Å². The van der Waals surface area contributed by atoms with E-state index in [0.29, 0.717) is 6.42 Å². The van der Waals surface area contributed by atoms with Crippen LogP contribution in [0.4, 0.5) is 0 Å². The minimum absolute atomic E-state index is 0.00797. The molecular weight excluding hydrogens is 391 g/mol. The molecular formula is C15H23Br2ClO. The molecule has 0 heterocycles. The molecule has 1 unspecified atom stereocenters. The van der Waals surface area contributed by atoms with Crippen molar-refractivity contribution in [2.45, 2.75) is 67.1 Å². The lowest BCUT2D eigenvalue weighted by Gasteiger charge is -2.60. The maximum Gasteiger partial charge on any atom is 0.0707 e. The molecule has 0 aromatic rings. The normalized spacial score (nSPS) is 50.5. The van der Waals surface area contributed by atoms with Gasteiger partial charge in [-0.2, -0.15) is 0 Å². The first-order valence-electron chi connectivity index (χ1n) is 6.88. The van der Waals surface area contributed by atoms with Gasteiger partial charge in [0.15, 0.2) is 0 Å². The Hall–Kier alpha value is 0.950. The molecule has 5 atom stereocenters. The third-order valence-corrected chi connectivity index (χ3v) is 9.22. The van der Waals surface area contributed by atoms with E-state index in [1.807, 2.05) is 0 Å². The molecule has 0 radical (unpaired) electrons. The summed E-state index contributed by atoms with van der Waals surface area (Å²) in [6.07, 6.45) is 3.39. The average molecular weight is 415 g/mol. The predicted molar refractivity (Wildman–Crippen MR) is 89.5 cm³/mol. The van der Waals surface area contributed by atoms with E-state index in [-0.39, 0.29) is 31.5 Å². The minimum Gasteiger partial charge on any atom is -0.392 e. The maximum atomic E-state index is 10.2. The highest BCUT2D eigenvalue weighted by atomic mass is 79.9. The van der Waals surface area contributed by atoms with Crippen molar-refractivity contribution < 1.29 is 5.11 Å². The highest BCUT2D eigenvalue weighted by Gasteiger charge is 2.59. The number of halogens is 3. The summed E-state index contributed by atoms with van der Waals surface area (Å²) in [7, 11) is 0. The van der Waals surface area contributed by atoms with E-state index in [0.717, 1.165) is 19.3 Å². The van der Waals surface area contributed by atoms with Gasteiger partial charge < -0.3 is 5.11 Å². The van der Waals surface area contributed by atoms with E-state index in [2.05, 4.69) is 59.2 Å². The van der Waals surface area contributed by atoms with E-state index < -0.39 is 0 Å². The van der Waals surface area contributed by atoms with Gasteiger partial charge in [-0.05, 0) is 43.4 Å². The summed E-state index contributed by atoms with van der Waals surface area (Å²) in [4.78, 5) is 0.0917. The average Bonchev–Trinajstić information content (AvgIpc) is 2.29. The van der Waals surface area contributed by atoms with E-state index in [4.69, 9.17) is 11.6 Å².